The highest BCUT2D eigenvalue weighted by Gasteiger charge is 2.46. The number of imide groups is 1. The maximum absolute atomic E-state index is 13.9. The number of imidazole rings is 1. The van der Waals surface area contributed by atoms with E-state index in [-0.39, 0.29) is 40.1 Å². The van der Waals surface area contributed by atoms with Crippen molar-refractivity contribution < 1.29 is 28.8 Å². The van der Waals surface area contributed by atoms with Crippen LogP contribution >= 0.6 is 0 Å². The first-order valence-electron chi connectivity index (χ1n) is 14.6. The molecule has 6 rings (SSSR count). The van der Waals surface area contributed by atoms with Gasteiger partial charge in [-0.15, -0.1) is 0 Å². The van der Waals surface area contributed by atoms with Crippen molar-refractivity contribution in [2.24, 2.45) is 5.92 Å². The minimum atomic E-state index is -0.983. The minimum absolute atomic E-state index is 0.0662. The Hall–Kier alpha value is -5.82. The number of nitrogens with zero attached hydrogens (tertiary/aromatic N) is 6. The standard InChI is InChI=1S/C33H28N6O7/c1-3-24-20(2)26(46-32(42)23-17-11-6-12-18-23)31(45-24)37-19-34-25-27(37)35-33(39(43)44)36-28(25)38(29(40)21-13-7-4-8-14-21)30(41)22-15-9-5-10-16-22/h4-20,24,26,31H,3H2,1-2H3/t20-,24-,26+,31-/m1/s1. The number of carbonyl (C=O) groups excluding carboxylic acids is 3. The van der Waals surface area contributed by atoms with Gasteiger partial charge in [0.1, 0.15) is 6.33 Å². The predicted molar refractivity (Wildman–Crippen MR) is 165 cm³/mol. The molecule has 1 saturated heterocycles. The second-order valence-corrected chi connectivity index (χ2v) is 10.7. The van der Waals surface area contributed by atoms with Gasteiger partial charge < -0.3 is 19.6 Å². The Bertz CT molecular complexity index is 1870. The van der Waals surface area contributed by atoms with Gasteiger partial charge in [-0.2, -0.15) is 0 Å². The number of hydrogen-bond donors (Lipinski definition) is 0. The van der Waals surface area contributed by atoms with E-state index in [1.54, 1.807) is 66.7 Å². The molecule has 0 unspecified atom stereocenters. The third-order valence-corrected chi connectivity index (χ3v) is 7.84. The number of nitro groups is 1. The summed E-state index contributed by atoms with van der Waals surface area (Å²) in [4.78, 5) is 65.7. The van der Waals surface area contributed by atoms with Gasteiger partial charge in [0.15, 0.2) is 17.8 Å². The smallest absolute Gasteiger partial charge is 0.454 e. The van der Waals surface area contributed by atoms with E-state index in [1.807, 2.05) is 13.8 Å². The molecule has 13 heteroatoms. The minimum Gasteiger partial charge on any atom is -0.454 e. The first-order chi connectivity index (χ1) is 22.3. The number of fused-ring (bicyclic) bond motifs is 1. The molecular weight excluding hydrogens is 592 g/mol. The number of anilines is 1. The Morgan fingerprint density at radius 2 is 1.43 bits per heavy atom. The normalized spacial score (nSPS) is 19.1. The van der Waals surface area contributed by atoms with Crippen molar-refractivity contribution in [1.82, 2.24) is 19.5 Å². The van der Waals surface area contributed by atoms with Crippen LogP contribution in [0.1, 0.15) is 57.6 Å². The molecular formula is C33H28N6O7. The lowest BCUT2D eigenvalue weighted by Crippen LogP contribution is -2.38. The van der Waals surface area contributed by atoms with Crippen molar-refractivity contribution in [3.05, 3.63) is 124 Å². The molecule has 3 heterocycles. The maximum atomic E-state index is 13.9. The molecule has 46 heavy (non-hydrogen) atoms. The van der Waals surface area contributed by atoms with Gasteiger partial charge >= 0.3 is 11.9 Å². The van der Waals surface area contributed by atoms with E-state index in [9.17, 15) is 24.5 Å². The summed E-state index contributed by atoms with van der Waals surface area (Å²) in [7, 11) is 0. The summed E-state index contributed by atoms with van der Waals surface area (Å²) in [6, 6.07) is 24.5. The van der Waals surface area contributed by atoms with Crippen LogP contribution in [0.25, 0.3) is 11.2 Å². The Morgan fingerprint density at radius 3 is 1.96 bits per heavy atom. The lowest BCUT2D eigenvalue weighted by Gasteiger charge is -2.22. The number of hydrogen-bond acceptors (Lipinski definition) is 10. The zero-order valence-electron chi connectivity index (χ0n) is 24.8. The number of amides is 2. The van der Waals surface area contributed by atoms with E-state index < -0.39 is 41.0 Å². The molecule has 13 nitrogen and oxygen atoms in total. The topological polar surface area (TPSA) is 160 Å². The number of carbonyl (C=O) groups is 3. The summed E-state index contributed by atoms with van der Waals surface area (Å²) in [5.74, 6) is -3.63. The number of esters is 1. The average Bonchev–Trinajstić information content (AvgIpc) is 3.66. The summed E-state index contributed by atoms with van der Waals surface area (Å²) in [5.41, 5.74) is 0.486. The van der Waals surface area contributed by atoms with Gasteiger partial charge in [0.05, 0.1) is 11.7 Å². The molecule has 0 aliphatic carbocycles. The molecule has 2 aromatic heterocycles. The van der Waals surface area contributed by atoms with E-state index in [0.717, 1.165) is 4.90 Å². The molecule has 0 spiro atoms. The number of benzene rings is 3. The largest absolute Gasteiger partial charge is 0.473 e. The quantitative estimate of drug-likeness (QED) is 0.0952. The van der Waals surface area contributed by atoms with Gasteiger partial charge in [-0.05, 0) is 57.7 Å². The summed E-state index contributed by atoms with van der Waals surface area (Å²) in [6.45, 7) is 3.82. The first kappa shape index (κ1) is 30.2. The van der Waals surface area contributed by atoms with Crippen LogP contribution < -0.4 is 4.90 Å². The fourth-order valence-corrected chi connectivity index (χ4v) is 5.49. The summed E-state index contributed by atoms with van der Waals surface area (Å²) >= 11 is 0. The molecule has 0 N–H and O–H groups in total. The van der Waals surface area contributed by atoms with Crippen LogP contribution in [0.5, 0.6) is 0 Å². The van der Waals surface area contributed by atoms with Crippen LogP contribution in [-0.2, 0) is 9.47 Å². The Morgan fingerprint density at radius 1 is 0.891 bits per heavy atom. The molecule has 1 aliphatic heterocycles. The van der Waals surface area contributed by atoms with E-state index in [2.05, 4.69) is 15.0 Å². The second-order valence-electron chi connectivity index (χ2n) is 10.7. The Labute approximate surface area is 262 Å². The molecule has 5 aromatic rings. The van der Waals surface area contributed by atoms with E-state index in [4.69, 9.17) is 9.47 Å². The van der Waals surface area contributed by atoms with Gasteiger partial charge in [0.25, 0.3) is 17.6 Å². The van der Waals surface area contributed by atoms with Gasteiger partial charge in [0.2, 0.25) is 5.65 Å². The molecule has 232 valence electrons. The zero-order valence-corrected chi connectivity index (χ0v) is 24.8. The molecule has 0 radical (unpaired) electrons. The van der Waals surface area contributed by atoms with Crippen molar-refractivity contribution in [3.63, 3.8) is 0 Å². The van der Waals surface area contributed by atoms with Gasteiger partial charge in [-0.25, -0.2) is 14.7 Å². The molecule has 0 saturated carbocycles. The van der Waals surface area contributed by atoms with Crippen LogP contribution in [0.2, 0.25) is 0 Å². The maximum Gasteiger partial charge on any atom is 0.473 e. The first-order valence-corrected chi connectivity index (χ1v) is 14.6. The van der Waals surface area contributed by atoms with Crippen molar-refractivity contribution in [2.45, 2.75) is 38.7 Å². The fourth-order valence-electron chi connectivity index (χ4n) is 5.49. The summed E-state index contributed by atoms with van der Waals surface area (Å²) in [6.07, 6.45) is -0.231. The molecule has 1 fully saturated rings. The van der Waals surface area contributed by atoms with E-state index in [1.165, 1.54) is 35.2 Å². The van der Waals surface area contributed by atoms with Crippen molar-refractivity contribution in [2.75, 3.05) is 4.90 Å². The average molecular weight is 621 g/mol. The molecule has 3 aromatic carbocycles. The molecule has 1 aliphatic rings. The van der Waals surface area contributed by atoms with Crippen LogP contribution in [0, 0.1) is 16.0 Å². The fraction of sp³-hybridized carbons (Fsp3) is 0.212. The summed E-state index contributed by atoms with van der Waals surface area (Å²) in [5, 5.41) is 12.1. The molecule has 0 bridgehead atoms. The third kappa shape index (κ3) is 5.59. The van der Waals surface area contributed by atoms with Crippen molar-refractivity contribution >= 4 is 40.7 Å². The van der Waals surface area contributed by atoms with Gasteiger partial charge in [-0.1, -0.05) is 68.4 Å². The highest BCUT2D eigenvalue weighted by Crippen LogP contribution is 2.40. The molecule has 2 amide bonds. The Balaban J connectivity index is 1.50. The predicted octanol–water partition coefficient (Wildman–Crippen LogP) is 5.39. The van der Waals surface area contributed by atoms with Gasteiger partial charge in [0, 0.05) is 17.0 Å². The summed E-state index contributed by atoms with van der Waals surface area (Å²) < 4.78 is 13.7. The highest BCUT2D eigenvalue weighted by molar-refractivity contribution is 6.27. The Kier molecular flexibility index (Phi) is 8.31. The van der Waals surface area contributed by atoms with Gasteiger partial charge in [-0.3, -0.25) is 14.2 Å². The van der Waals surface area contributed by atoms with E-state index >= 15 is 0 Å². The lowest BCUT2D eigenvalue weighted by atomic mass is 9.98. The van der Waals surface area contributed by atoms with Crippen molar-refractivity contribution in [1.29, 1.82) is 0 Å². The SMILES string of the molecule is CC[C@H]1O[C@@H](n2cnc3c(N(C(=O)c4ccccc4)C(=O)c4ccccc4)nc([N+](=O)[O-])nc32)[C@@H](OC(=O)c2ccccc2)[C@@H]1C. The number of ether oxygens (including phenoxy) is 2. The van der Waals surface area contributed by atoms with Crippen LogP contribution in [0.15, 0.2) is 97.3 Å². The number of rotatable bonds is 8. The lowest BCUT2D eigenvalue weighted by molar-refractivity contribution is -0.394. The van der Waals surface area contributed by atoms with Crippen LogP contribution in [-0.4, -0.2) is 54.4 Å². The monoisotopic (exact) mass is 620 g/mol. The molecule has 4 atom stereocenters. The van der Waals surface area contributed by atoms with Crippen molar-refractivity contribution in [3.8, 4) is 0 Å². The third-order valence-electron chi connectivity index (χ3n) is 7.84. The highest BCUT2D eigenvalue weighted by atomic mass is 16.6. The number of aromatic nitrogens is 4. The van der Waals surface area contributed by atoms with E-state index in [0.29, 0.717) is 12.0 Å². The van der Waals surface area contributed by atoms with Crippen LogP contribution in [0.4, 0.5) is 11.8 Å². The second kappa shape index (κ2) is 12.7. The zero-order chi connectivity index (χ0) is 32.4. The van der Waals surface area contributed by atoms with Crippen LogP contribution in [0.3, 0.4) is 0 Å².